The van der Waals surface area contributed by atoms with Crippen molar-refractivity contribution in [1.29, 1.82) is 0 Å². The number of hydrogen-bond acceptors (Lipinski definition) is 4. The summed E-state index contributed by atoms with van der Waals surface area (Å²) in [7, 11) is 0. The first-order valence-corrected chi connectivity index (χ1v) is 9.59. The highest BCUT2D eigenvalue weighted by atomic mass is 19.1. The zero-order chi connectivity index (χ0) is 19.3. The maximum absolute atomic E-state index is 14.7. The van der Waals surface area contributed by atoms with E-state index in [-0.39, 0.29) is 17.1 Å². The van der Waals surface area contributed by atoms with Crippen molar-refractivity contribution in [3.8, 4) is 11.4 Å². The molecule has 142 valence electrons. The van der Waals surface area contributed by atoms with Crippen molar-refractivity contribution in [3.63, 3.8) is 0 Å². The molecule has 1 spiro atoms. The molecule has 5 rings (SSSR count). The SMILES string of the molecule is Cc1nc(-c2cccc(C(=O)N3CC4(CCCC4)c4c(F)cccc43)c2)no1. The number of aryl methyl sites for hydroxylation is 1. The Morgan fingerprint density at radius 2 is 1.96 bits per heavy atom. The van der Waals surface area contributed by atoms with Gasteiger partial charge in [0.2, 0.25) is 11.7 Å². The Kier molecular flexibility index (Phi) is 3.82. The van der Waals surface area contributed by atoms with Gasteiger partial charge >= 0.3 is 0 Å². The van der Waals surface area contributed by atoms with Crippen molar-refractivity contribution in [2.75, 3.05) is 11.4 Å². The van der Waals surface area contributed by atoms with Gasteiger partial charge in [0.05, 0.1) is 5.69 Å². The zero-order valence-electron chi connectivity index (χ0n) is 15.6. The van der Waals surface area contributed by atoms with Crippen molar-refractivity contribution >= 4 is 11.6 Å². The number of halogens is 1. The Morgan fingerprint density at radius 1 is 1.18 bits per heavy atom. The molecule has 2 heterocycles. The first-order valence-electron chi connectivity index (χ1n) is 9.59. The van der Waals surface area contributed by atoms with E-state index in [4.69, 9.17) is 4.52 Å². The van der Waals surface area contributed by atoms with Gasteiger partial charge in [0.25, 0.3) is 5.91 Å². The molecule has 0 radical (unpaired) electrons. The maximum Gasteiger partial charge on any atom is 0.258 e. The van der Waals surface area contributed by atoms with Gasteiger partial charge < -0.3 is 9.42 Å². The second kappa shape index (κ2) is 6.26. The van der Waals surface area contributed by atoms with Gasteiger partial charge in [0.15, 0.2) is 0 Å². The summed E-state index contributed by atoms with van der Waals surface area (Å²) < 4.78 is 19.8. The molecule has 0 atom stereocenters. The van der Waals surface area contributed by atoms with E-state index >= 15 is 0 Å². The van der Waals surface area contributed by atoms with Gasteiger partial charge in [-0.25, -0.2) is 4.39 Å². The molecule has 2 aliphatic rings. The standard InChI is InChI=1S/C22H20FN3O2/c1-14-24-20(25-28-14)15-6-4-7-16(12-15)21(27)26-13-22(10-2-3-11-22)19-17(23)8-5-9-18(19)26/h4-9,12H,2-3,10-11,13H2,1H3. The van der Waals surface area contributed by atoms with Crippen LogP contribution in [0.4, 0.5) is 10.1 Å². The van der Waals surface area contributed by atoms with E-state index < -0.39 is 0 Å². The molecule has 1 amide bonds. The van der Waals surface area contributed by atoms with E-state index in [9.17, 15) is 9.18 Å². The van der Waals surface area contributed by atoms with Crippen molar-refractivity contribution in [3.05, 3.63) is 65.3 Å². The molecule has 0 N–H and O–H groups in total. The predicted molar refractivity (Wildman–Crippen MR) is 103 cm³/mol. The average molecular weight is 377 g/mol. The fourth-order valence-corrected chi connectivity index (χ4v) is 4.73. The number of anilines is 1. The van der Waals surface area contributed by atoms with Crippen LogP contribution in [0.5, 0.6) is 0 Å². The molecule has 1 saturated carbocycles. The number of amides is 1. The fraction of sp³-hybridized carbons (Fsp3) is 0.318. The number of benzene rings is 2. The summed E-state index contributed by atoms with van der Waals surface area (Å²) in [4.78, 5) is 19.4. The lowest BCUT2D eigenvalue weighted by molar-refractivity contribution is 0.0985. The number of fused-ring (bicyclic) bond motifs is 2. The number of rotatable bonds is 2. The summed E-state index contributed by atoms with van der Waals surface area (Å²) >= 11 is 0. The van der Waals surface area contributed by atoms with Gasteiger partial charge in [-0.2, -0.15) is 4.98 Å². The van der Waals surface area contributed by atoms with E-state index in [1.807, 2.05) is 18.2 Å². The van der Waals surface area contributed by atoms with Crippen LogP contribution in [0.15, 0.2) is 47.0 Å². The Labute approximate surface area is 162 Å². The van der Waals surface area contributed by atoms with Gasteiger partial charge in [-0.1, -0.05) is 36.2 Å². The molecular weight excluding hydrogens is 357 g/mol. The van der Waals surface area contributed by atoms with E-state index in [0.717, 1.165) is 31.2 Å². The van der Waals surface area contributed by atoms with E-state index in [1.54, 1.807) is 30.0 Å². The number of hydrogen-bond donors (Lipinski definition) is 0. The number of nitrogens with zero attached hydrogens (tertiary/aromatic N) is 3. The molecule has 1 aromatic heterocycles. The van der Waals surface area contributed by atoms with Gasteiger partial charge in [0.1, 0.15) is 5.82 Å². The van der Waals surface area contributed by atoms with Gasteiger partial charge in [-0.3, -0.25) is 4.79 Å². The van der Waals surface area contributed by atoms with Crippen LogP contribution in [0, 0.1) is 12.7 Å². The molecule has 1 fully saturated rings. The second-order valence-corrected chi connectivity index (χ2v) is 7.73. The third kappa shape index (κ3) is 2.55. The Balaban J connectivity index is 1.54. The molecule has 1 aliphatic heterocycles. The number of carbonyl (C=O) groups excluding carboxylic acids is 1. The number of carbonyl (C=O) groups is 1. The summed E-state index contributed by atoms with van der Waals surface area (Å²) in [5.41, 5.74) is 2.42. The minimum Gasteiger partial charge on any atom is -0.339 e. The lowest BCUT2D eigenvalue weighted by Gasteiger charge is -2.25. The highest BCUT2D eigenvalue weighted by Gasteiger charge is 2.48. The Morgan fingerprint density at radius 3 is 2.71 bits per heavy atom. The van der Waals surface area contributed by atoms with Crippen LogP contribution in [0.25, 0.3) is 11.4 Å². The third-order valence-electron chi connectivity index (χ3n) is 5.97. The van der Waals surface area contributed by atoms with Crippen LogP contribution in [-0.4, -0.2) is 22.6 Å². The molecule has 0 bridgehead atoms. The number of aromatic nitrogens is 2. The van der Waals surface area contributed by atoms with Crippen molar-refractivity contribution in [1.82, 2.24) is 10.1 Å². The predicted octanol–water partition coefficient (Wildman–Crippen LogP) is 4.66. The van der Waals surface area contributed by atoms with Crippen molar-refractivity contribution < 1.29 is 13.7 Å². The summed E-state index contributed by atoms with van der Waals surface area (Å²) in [6.45, 7) is 2.26. The summed E-state index contributed by atoms with van der Waals surface area (Å²) in [6, 6.07) is 12.2. The molecule has 0 saturated heterocycles. The fourth-order valence-electron chi connectivity index (χ4n) is 4.73. The smallest absolute Gasteiger partial charge is 0.258 e. The minimum absolute atomic E-state index is 0.127. The first-order chi connectivity index (χ1) is 13.6. The van der Waals surface area contributed by atoms with Crippen molar-refractivity contribution in [2.24, 2.45) is 0 Å². The molecular formula is C22H20FN3O2. The molecule has 1 aliphatic carbocycles. The van der Waals surface area contributed by atoms with Crippen LogP contribution in [0.1, 0.15) is 47.5 Å². The maximum atomic E-state index is 14.7. The molecule has 0 unspecified atom stereocenters. The lowest BCUT2D eigenvalue weighted by Crippen LogP contribution is -2.35. The Hall–Kier alpha value is -3.02. The monoisotopic (exact) mass is 377 g/mol. The van der Waals surface area contributed by atoms with Crippen LogP contribution in [0.2, 0.25) is 0 Å². The highest BCUT2D eigenvalue weighted by Crippen LogP contribution is 2.51. The molecule has 5 nitrogen and oxygen atoms in total. The molecule has 3 aromatic rings. The average Bonchev–Trinajstić information content (AvgIpc) is 3.42. The summed E-state index contributed by atoms with van der Waals surface area (Å²) in [5, 5.41) is 3.93. The van der Waals surface area contributed by atoms with Gasteiger partial charge in [-0.15, -0.1) is 0 Å². The van der Waals surface area contributed by atoms with Gasteiger partial charge in [-0.05, 0) is 37.1 Å². The third-order valence-corrected chi connectivity index (χ3v) is 5.97. The largest absolute Gasteiger partial charge is 0.339 e. The molecule has 6 heteroatoms. The quantitative estimate of drug-likeness (QED) is 0.652. The molecule has 28 heavy (non-hydrogen) atoms. The first kappa shape index (κ1) is 17.1. The van der Waals surface area contributed by atoms with Crippen molar-refractivity contribution in [2.45, 2.75) is 38.0 Å². The zero-order valence-corrected chi connectivity index (χ0v) is 15.6. The topological polar surface area (TPSA) is 59.2 Å². The molecule has 2 aromatic carbocycles. The minimum atomic E-state index is -0.251. The van der Waals surface area contributed by atoms with E-state index in [2.05, 4.69) is 10.1 Å². The van der Waals surface area contributed by atoms with Crippen LogP contribution >= 0.6 is 0 Å². The van der Waals surface area contributed by atoms with Crippen LogP contribution in [0.3, 0.4) is 0 Å². The van der Waals surface area contributed by atoms with Gasteiger partial charge in [0, 0.05) is 35.6 Å². The van der Waals surface area contributed by atoms with Crippen LogP contribution in [-0.2, 0) is 5.41 Å². The summed E-state index contributed by atoms with van der Waals surface area (Å²) in [6.07, 6.45) is 3.99. The second-order valence-electron chi connectivity index (χ2n) is 7.73. The van der Waals surface area contributed by atoms with E-state index in [1.165, 1.54) is 6.07 Å². The summed E-state index contributed by atoms with van der Waals surface area (Å²) in [5.74, 6) is 0.592. The highest BCUT2D eigenvalue weighted by molar-refractivity contribution is 6.08. The lowest BCUT2D eigenvalue weighted by atomic mass is 9.80. The Bertz CT molecular complexity index is 1070. The normalized spacial score (nSPS) is 17.3. The van der Waals surface area contributed by atoms with E-state index in [0.29, 0.717) is 35.1 Å². The van der Waals surface area contributed by atoms with Crippen LogP contribution < -0.4 is 4.90 Å².